The minimum Gasteiger partial charge on any atom is -0.491 e. The molecule has 128 valence electrons. The van der Waals surface area contributed by atoms with E-state index in [0.717, 1.165) is 33.1 Å². The third-order valence-corrected chi connectivity index (χ3v) is 5.24. The Balaban J connectivity index is 1.67. The maximum atomic E-state index is 12.8. The molecule has 0 saturated heterocycles. The molecule has 0 radical (unpaired) electrons. The number of halogens is 1. The van der Waals surface area contributed by atoms with E-state index in [1.807, 2.05) is 12.1 Å². The Bertz CT molecular complexity index is 1040. The lowest BCUT2D eigenvalue weighted by Gasteiger charge is -2.27. The van der Waals surface area contributed by atoms with Gasteiger partial charge in [0, 0.05) is 52.9 Å². The number of benzene rings is 1. The number of hydrogen-bond donors (Lipinski definition) is 2. The highest BCUT2D eigenvalue weighted by Crippen LogP contribution is 2.32. The Morgan fingerprint density at radius 2 is 2.20 bits per heavy atom. The number of nitrogens with zero attached hydrogens (tertiary/aromatic N) is 1. The first-order chi connectivity index (χ1) is 12.1. The number of fused-ring (bicyclic) bond motifs is 3. The third kappa shape index (κ3) is 2.64. The van der Waals surface area contributed by atoms with Gasteiger partial charge in [-0.2, -0.15) is 0 Å². The highest BCUT2D eigenvalue weighted by Gasteiger charge is 2.26. The number of carbonyl (C=O) groups excluding carboxylic acids is 1. The fourth-order valence-corrected chi connectivity index (χ4v) is 3.75. The van der Waals surface area contributed by atoms with E-state index in [9.17, 15) is 9.59 Å². The zero-order chi connectivity index (χ0) is 17.6. The fraction of sp³-hybridized carbons (Fsp3) is 0.222. The minimum atomic E-state index is -0.307. The van der Waals surface area contributed by atoms with E-state index in [4.69, 9.17) is 4.74 Å². The first-order valence-corrected chi connectivity index (χ1v) is 8.71. The number of aromatic nitrogens is 2. The standard InChI is InChI=1S/C18H16BrN3O3/c1-25-16-8-20-14(7-15(16)23)18(24)22-6-5-13-11(9-22)10-3-2-4-12(19)17(10)21-13/h2-4,7-8,21H,5-6,9H2,1H3,(H,20,23). The summed E-state index contributed by atoms with van der Waals surface area (Å²) in [4.78, 5) is 32.7. The van der Waals surface area contributed by atoms with Crippen molar-refractivity contribution in [3.05, 3.63) is 62.1 Å². The van der Waals surface area contributed by atoms with E-state index in [0.29, 0.717) is 13.1 Å². The van der Waals surface area contributed by atoms with Crippen LogP contribution in [0.4, 0.5) is 0 Å². The van der Waals surface area contributed by atoms with Crippen molar-refractivity contribution in [3.8, 4) is 5.75 Å². The van der Waals surface area contributed by atoms with Crippen molar-refractivity contribution < 1.29 is 9.53 Å². The smallest absolute Gasteiger partial charge is 0.270 e. The number of aromatic amines is 2. The van der Waals surface area contributed by atoms with Gasteiger partial charge in [-0.25, -0.2) is 0 Å². The van der Waals surface area contributed by atoms with Crippen molar-refractivity contribution in [2.24, 2.45) is 0 Å². The predicted molar refractivity (Wildman–Crippen MR) is 98.1 cm³/mol. The molecule has 1 aromatic carbocycles. The molecule has 0 fully saturated rings. The summed E-state index contributed by atoms with van der Waals surface area (Å²) in [6.45, 7) is 1.11. The van der Waals surface area contributed by atoms with Crippen LogP contribution in [0.25, 0.3) is 10.9 Å². The number of para-hydroxylation sites is 1. The molecule has 2 N–H and O–H groups in total. The largest absolute Gasteiger partial charge is 0.491 e. The average Bonchev–Trinajstić information content (AvgIpc) is 3.00. The van der Waals surface area contributed by atoms with Gasteiger partial charge in [0.25, 0.3) is 5.91 Å². The summed E-state index contributed by atoms with van der Waals surface area (Å²) in [5.41, 5.74) is 3.31. The Morgan fingerprint density at radius 1 is 1.36 bits per heavy atom. The van der Waals surface area contributed by atoms with Gasteiger partial charge in [-0.1, -0.05) is 12.1 Å². The molecule has 1 aliphatic heterocycles. The zero-order valence-electron chi connectivity index (χ0n) is 13.6. The number of hydrogen-bond acceptors (Lipinski definition) is 3. The summed E-state index contributed by atoms with van der Waals surface area (Å²) in [6.07, 6.45) is 2.18. The molecule has 7 heteroatoms. The average molecular weight is 402 g/mol. The SMILES string of the molecule is COc1c[nH]c(C(=O)N2CCc3[nH]c4c(Br)cccc4c3C2)cc1=O. The van der Waals surface area contributed by atoms with E-state index in [1.165, 1.54) is 19.4 Å². The molecule has 1 aliphatic rings. The quantitative estimate of drug-likeness (QED) is 0.692. The van der Waals surface area contributed by atoms with Gasteiger partial charge in [-0.3, -0.25) is 9.59 Å². The second kappa shape index (κ2) is 6.07. The van der Waals surface area contributed by atoms with Gasteiger partial charge in [0.2, 0.25) is 5.43 Å². The van der Waals surface area contributed by atoms with Crippen LogP contribution >= 0.6 is 15.9 Å². The fourth-order valence-electron chi connectivity index (χ4n) is 3.29. The molecule has 0 atom stereocenters. The van der Waals surface area contributed by atoms with Crippen molar-refractivity contribution in [3.63, 3.8) is 0 Å². The van der Waals surface area contributed by atoms with Crippen LogP contribution < -0.4 is 10.2 Å². The number of rotatable bonds is 2. The molecule has 0 spiro atoms. The second-order valence-corrected chi connectivity index (χ2v) is 6.85. The van der Waals surface area contributed by atoms with Crippen molar-refractivity contribution >= 4 is 32.7 Å². The number of amides is 1. The van der Waals surface area contributed by atoms with Gasteiger partial charge < -0.3 is 19.6 Å². The van der Waals surface area contributed by atoms with E-state index in [2.05, 4.69) is 32.0 Å². The lowest BCUT2D eigenvalue weighted by Crippen LogP contribution is -2.36. The van der Waals surface area contributed by atoms with Crippen LogP contribution in [-0.2, 0) is 13.0 Å². The molecule has 0 unspecified atom stereocenters. The molecule has 0 bridgehead atoms. The predicted octanol–water partition coefficient (Wildman–Crippen LogP) is 2.83. The molecular weight excluding hydrogens is 386 g/mol. The molecule has 25 heavy (non-hydrogen) atoms. The summed E-state index contributed by atoms with van der Waals surface area (Å²) in [5, 5.41) is 1.12. The lowest BCUT2D eigenvalue weighted by molar-refractivity contribution is 0.0729. The van der Waals surface area contributed by atoms with Crippen LogP contribution in [0, 0.1) is 0 Å². The number of ether oxygens (including phenoxy) is 1. The van der Waals surface area contributed by atoms with E-state index in [-0.39, 0.29) is 22.8 Å². The summed E-state index contributed by atoms with van der Waals surface area (Å²) >= 11 is 3.56. The van der Waals surface area contributed by atoms with Gasteiger partial charge in [-0.05, 0) is 22.0 Å². The van der Waals surface area contributed by atoms with Crippen LogP contribution in [0.15, 0.2) is 39.7 Å². The van der Waals surface area contributed by atoms with Crippen molar-refractivity contribution in [1.29, 1.82) is 0 Å². The summed E-state index contributed by atoms with van der Waals surface area (Å²) in [6, 6.07) is 7.33. The van der Waals surface area contributed by atoms with Crippen LogP contribution in [0.3, 0.4) is 0 Å². The van der Waals surface area contributed by atoms with Crippen LogP contribution in [0.5, 0.6) is 5.75 Å². The molecule has 3 aromatic rings. The molecule has 2 aromatic heterocycles. The van der Waals surface area contributed by atoms with Gasteiger partial charge in [0.05, 0.1) is 12.6 Å². The highest BCUT2D eigenvalue weighted by molar-refractivity contribution is 9.10. The van der Waals surface area contributed by atoms with Crippen LogP contribution in [-0.4, -0.2) is 34.4 Å². The topological polar surface area (TPSA) is 78.2 Å². The molecule has 1 amide bonds. The Morgan fingerprint density at radius 3 is 2.96 bits per heavy atom. The Hall–Kier alpha value is -2.54. The Kier molecular flexibility index (Phi) is 3.88. The first kappa shape index (κ1) is 16.0. The molecule has 3 heterocycles. The van der Waals surface area contributed by atoms with Crippen LogP contribution in [0.1, 0.15) is 21.7 Å². The van der Waals surface area contributed by atoms with Crippen molar-refractivity contribution in [2.75, 3.05) is 13.7 Å². The van der Waals surface area contributed by atoms with Gasteiger partial charge in [0.1, 0.15) is 5.69 Å². The number of pyridine rings is 1. The van der Waals surface area contributed by atoms with E-state index < -0.39 is 0 Å². The van der Waals surface area contributed by atoms with Gasteiger partial charge in [0.15, 0.2) is 5.75 Å². The molecular formula is C18H16BrN3O3. The summed E-state index contributed by atoms with van der Waals surface area (Å²) in [7, 11) is 1.42. The normalized spacial score (nSPS) is 13.8. The molecule has 4 rings (SSSR count). The van der Waals surface area contributed by atoms with E-state index >= 15 is 0 Å². The summed E-state index contributed by atoms with van der Waals surface area (Å²) < 4.78 is 5.95. The highest BCUT2D eigenvalue weighted by atomic mass is 79.9. The van der Waals surface area contributed by atoms with Crippen molar-refractivity contribution in [2.45, 2.75) is 13.0 Å². The number of H-pyrrole nitrogens is 2. The number of methoxy groups -OCH3 is 1. The molecule has 0 aliphatic carbocycles. The van der Waals surface area contributed by atoms with Gasteiger partial charge in [-0.15, -0.1) is 0 Å². The summed E-state index contributed by atoms with van der Waals surface area (Å²) in [5.74, 6) is 0.00806. The third-order valence-electron chi connectivity index (χ3n) is 4.57. The molecule has 6 nitrogen and oxygen atoms in total. The van der Waals surface area contributed by atoms with E-state index in [1.54, 1.807) is 4.90 Å². The zero-order valence-corrected chi connectivity index (χ0v) is 15.1. The Labute approximate surface area is 151 Å². The van der Waals surface area contributed by atoms with Gasteiger partial charge >= 0.3 is 0 Å². The maximum absolute atomic E-state index is 12.8. The molecule has 0 saturated carbocycles. The minimum absolute atomic E-state index is 0.185. The lowest BCUT2D eigenvalue weighted by atomic mass is 10.0. The number of carbonyl (C=O) groups is 1. The first-order valence-electron chi connectivity index (χ1n) is 7.92. The maximum Gasteiger partial charge on any atom is 0.270 e. The van der Waals surface area contributed by atoms with Crippen molar-refractivity contribution in [1.82, 2.24) is 14.9 Å². The van der Waals surface area contributed by atoms with Crippen LogP contribution in [0.2, 0.25) is 0 Å². The second-order valence-electron chi connectivity index (χ2n) is 6.00. The monoisotopic (exact) mass is 401 g/mol. The number of nitrogens with one attached hydrogen (secondary N) is 2.